The Labute approximate surface area is 173 Å². The molecule has 0 aliphatic rings. The van der Waals surface area contributed by atoms with Gasteiger partial charge in [0, 0.05) is 18.5 Å². The highest BCUT2D eigenvalue weighted by Gasteiger charge is 2.16. The molecular weight excluding hydrogens is 421 g/mol. The van der Waals surface area contributed by atoms with E-state index in [9.17, 15) is 22.8 Å². The predicted molar refractivity (Wildman–Crippen MR) is 102 cm³/mol. The average molecular weight is 438 g/mol. The second kappa shape index (κ2) is 9.53. The van der Waals surface area contributed by atoms with Crippen LogP contribution < -0.4 is 5.32 Å². The van der Waals surface area contributed by atoms with Gasteiger partial charge in [0.05, 0.1) is 17.6 Å². The molecule has 0 spiro atoms. The van der Waals surface area contributed by atoms with E-state index in [0.717, 1.165) is 29.5 Å². The molecule has 0 atom stereocenters. The summed E-state index contributed by atoms with van der Waals surface area (Å²) in [4.78, 5) is 23.3. The minimum atomic E-state index is -2.76. The first-order valence-electron chi connectivity index (χ1n) is 8.90. The normalized spacial score (nSPS) is 11.1. The number of hydrogen-bond donors (Lipinski definition) is 2. The van der Waals surface area contributed by atoms with Gasteiger partial charge in [0.1, 0.15) is 10.7 Å². The van der Waals surface area contributed by atoms with E-state index in [1.54, 1.807) is 17.6 Å². The Hall–Kier alpha value is -3.21. The van der Waals surface area contributed by atoms with Crippen LogP contribution in [0.25, 0.3) is 5.69 Å². The molecule has 0 aliphatic carbocycles. The Morgan fingerprint density at radius 2 is 2.07 bits per heavy atom. The molecule has 1 amide bonds. The molecular formula is C19H17F3N4O3S. The summed E-state index contributed by atoms with van der Waals surface area (Å²) >= 11 is 1.08. The fourth-order valence-corrected chi connectivity index (χ4v) is 3.54. The minimum absolute atomic E-state index is 0.0336. The van der Waals surface area contributed by atoms with Gasteiger partial charge in [-0.25, -0.2) is 22.6 Å². The lowest BCUT2D eigenvalue weighted by Crippen LogP contribution is -2.23. The Bertz CT molecular complexity index is 1050. The van der Waals surface area contributed by atoms with Crippen LogP contribution in [-0.2, 0) is 17.8 Å². The van der Waals surface area contributed by atoms with E-state index >= 15 is 0 Å². The molecule has 0 saturated heterocycles. The zero-order chi connectivity index (χ0) is 21.7. The van der Waals surface area contributed by atoms with Crippen LogP contribution in [0.3, 0.4) is 0 Å². The van der Waals surface area contributed by atoms with Gasteiger partial charge < -0.3 is 10.4 Å². The number of nitrogens with one attached hydrogen (secondary N) is 1. The lowest BCUT2D eigenvalue weighted by Gasteiger charge is -2.10. The smallest absolute Gasteiger partial charge is 0.348 e. The summed E-state index contributed by atoms with van der Waals surface area (Å²) in [7, 11) is 0. The van der Waals surface area contributed by atoms with E-state index in [0.29, 0.717) is 24.2 Å². The molecule has 0 aliphatic heterocycles. The Kier molecular flexibility index (Phi) is 6.83. The van der Waals surface area contributed by atoms with Crippen molar-refractivity contribution in [1.82, 2.24) is 20.3 Å². The van der Waals surface area contributed by atoms with Gasteiger partial charge in [-0.2, -0.15) is 0 Å². The molecule has 2 aromatic heterocycles. The van der Waals surface area contributed by atoms with E-state index in [1.807, 2.05) is 0 Å². The van der Waals surface area contributed by atoms with E-state index in [1.165, 1.54) is 4.68 Å². The van der Waals surface area contributed by atoms with Crippen LogP contribution in [0.15, 0.2) is 35.8 Å². The number of alkyl halides is 2. The number of aromatic carboxylic acids is 1. The van der Waals surface area contributed by atoms with Gasteiger partial charge in [-0.05, 0) is 42.0 Å². The summed E-state index contributed by atoms with van der Waals surface area (Å²) in [5.74, 6) is -2.07. The van der Waals surface area contributed by atoms with Crippen molar-refractivity contribution in [3.63, 3.8) is 0 Å². The molecule has 1 aromatic carbocycles. The highest BCUT2D eigenvalue weighted by atomic mass is 32.1. The van der Waals surface area contributed by atoms with E-state index in [-0.39, 0.29) is 34.9 Å². The predicted octanol–water partition coefficient (Wildman–Crippen LogP) is 3.74. The molecule has 0 radical (unpaired) electrons. The maximum Gasteiger partial charge on any atom is 0.348 e. The third-order valence-corrected chi connectivity index (χ3v) is 5.17. The van der Waals surface area contributed by atoms with Crippen molar-refractivity contribution in [3.05, 3.63) is 63.4 Å². The number of halogens is 3. The largest absolute Gasteiger partial charge is 0.477 e. The molecule has 3 aromatic rings. The van der Waals surface area contributed by atoms with Crippen LogP contribution in [0, 0.1) is 5.82 Å². The molecule has 2 heterocycles. The first kappa shape index (κ1) is 21.5. The van der Waals surface area contributed by atoms with Gasteiger partial charge in [0.15, 0.2) is 0 Å². The topological polar surface area (TPSA) is 97.1 Å². The van der Waals surface area contributed by atoms with Crippen molar-refractivity contribution >= 4 is 23.2 Å². The van der Waals surface area contributed by atoms with Gasteiger partial charge >= 0.3 is 5.97 Å². The summed E-state index contributed by atoms with van der Waals surface area (Å²) in [6.45, 7) is -0.192. The zero-order valence-corrected chi connectivity index (χ0v) is 16.3. The summed E-state index contributed by atoms with van der Waals surface area (Å²) < 4.78 is 40.6. The first-order valence-corrected chi connectivity index (χ1v) is 9.78. The lowest BCUT2D eigenvalue weighted by atomic mass is 10.1. The van der Waals surface area contributed by atoms with Crippen LogP contribution >= 0.6 is 11.3 Å². The zero-order valence-electron chi connectivity index (χ0n) is 15.5. The van der Waals surface area contributed by atoms with Crippen molar-refractivity contribution in [3.8, 4) is 5.69 Å². The van der Waals surface area contributed by atoms with Crippen molar-refractivity contribution in [2.45, 2.75) is 32.2 Å². The van der Waals surface area contributed by atoms with Crippen LogP contribution in [0.4, 0.5) is 13.2 Å². The third kappa shape index (κ3) is 5.23. The van der Waals surface area contributed by atoms with Crippen molar-refractivity contribution in [2.75, 3.05) is 0 Å². The number of hydrogen-bond acceptors (Lipinski definition) is 5. The van der Waals surface area contributed by atoms with Crippen LogP contribution in [0.5, 0.6) is 0 Å². The number of benzene rings is 1. The molecule has 0 saturated carbocycles. The maximum atomic E-state index is 13.3. The van der Waals surface area contributed by atoms with E-state index in [2.05, 4.69) is 15.6 Å². The lowest BCUT2D eigenvalue weighted by molar-refractivity contribution is -0.121. The number of amides is 1. The Morgan fingerprint density at radius 1 is 1.27 bits per heavy atom. The maximum absolute atomic E-state index is 13.3. The second-order valence-electron chi connectivity index (χ2n) is 6.37. The second-order valence-corrected chi connectivity index (χ2v) is 7.28. The third-order valence-electron chi connectivity index (χ3n) is 4.28. The molecule has 7 nitrogen and oxygen atoms in total. The molecule has 158 valence electrons. The van der Waals surface area contributed by atoms with Crippen LogP contribution in [0.1, 0.15) is 45.8 Å². The van der Waals surface area contributed by atoms with E-state index in [4.69, 9.17) is 5.11 Å². The minimum Gasteiger partial charge on any atom is -0.477 e. The summed E-state index contributed by atoms with van der Waals surface area (Å²) in [6, 6.07) is 4.57. The van der Waals surface area contributed by atoms with Gasteiger partial charge in [-0.3, -0.25) is 4.79 Å². The number of rotatable bonds is 9. The number of carbonyl (C=O) groups is 2. The highest BCUT2D eigenvalue weighted by Crippen LogP contribution is 2.24. The number of nitrogens with zero attached hydrogens (tertiary/aromatic N) is 3. The van der Waals surface area contributed by atoms with Crippen LogP contribution in [0.2, 0.25) is 0 Å². The molecule has 30 heavy (non-hydrogen) atoms. The molecule has 0 unspecified atom stereocenters. The van der Waals surface area contributed by atoms with Crippen molar-refractivity contribution in [1.29, 1.82) is 0 Å². The van der Waals surface area contributed by atoms with Gasteiger partial charge in [0.2, 0.25) is 5.91 Å². The summed E-state index contributed by atoms with van der Waals surface area (Å²) in [5.41, 5.74) is 0.707. The number of carboxylic acid groups (broad SMARTS) is 1. The number of carbonyl (C=O) groups excluding carboxylic acids is 1. The van der Waals surface area contributed by atoms with Crippen LogP contribution in [-0.4, -0.2) is 32.0 Å². The Balaban J connectivity index is 1.50. The molecule has 2 N–H and O–H groups in total. The number of aromatic nitrogens is 3. The molecule has 3 rings (SSSR count). The fraction of sp³-hybridized carbons (Fsp3) is 0.263. The standard InChI is InChI=1S/C19H17F3N4O3S/c20-12-4-5-14(18(21)22)11(8-12)9-23-16(27)3-1-2-13-10-26(25-24-13)15-6-7-30-17(15)19(28)29/h4-8,10,18H,1-3,9H2,(H,23,27)(H,28,29). The van der Waals surface area contributed by atoms with Gasteiger partial charge in [0.25, 0.3) is 6.43 Å². The monoisotopic (exact) mass is 438 g/mol. The summed E-state index contributed by atoms with van der Waals surface area (Å²) in [5, 5.41) is 21.2. The average Bonchev–Trinajstić information content (AvgIpc) is 3.35. The highest BCUT2D eigenvalue weighted by molar-refractivity contribution is 7.12. The van der Waals surface area contributed by atoms with Crippen molar-refractivity contribution < 1.29 is 27.9 Å². The quantitative estimate of drug-likeness (QED) is 0.531. The fourth-order valence-electron chi connectivity index (χ4n) is 2.83. The molecule has 11 heteroatoms. The SMILES string of the molecule is O=C(CCCc1cn(-c2ccsc2C(=O)O)nn1)NCc1cc(F)ccc1C(F)F. The van der Waals surface area contributed by atoms with Gasteiger partial charge in [-0.15, -0.1) is 16.4 Å². The number of aryl methyl sites for hydroxylation is 1. The van der Waals surface area contributed by atoms with Crippen molar-refractivity contribution in [2.24, 2.45) is 0 Å². The number of thiophene rings is 1. The molecule has 0 bridgehead atoms. The van der Waals surface area contributed by atoms with Gasteiger partial charge in [-0.1, -0.05) is 11.3 Å². The van der Waals surface area contributed by atoms with E-state index < -0.39 is 18.2 Å². The Morgan fingerprint density at radius 3 is 2.80 bits per heavy atom. The number of carboxylic acids is 1. The first-order chi connectivity index (χ1) is 14.3. The molecule has 0 fully saturated rings. The summed E-state index contributed by atoms with van der Waals surface area (Å²) in [6.07, 6.45) is -0.212.